The number of fused-ring (bicyclic) bond motifs is 1. The fourth-order valence-corrected chi connectivity index (χ4v) is 2.41. The number of aromatic nitrogens is 4. The summed E-state index contributed by atoms with van der Waals surface area (Å²) in [7, 11) is 0. The van der Waals surface area contributed by atoms with Crippen LogP contribution in [0.25, 0.3) is 11.2 Å². The van der Waals surface area contributed by atoms with E-state index in [9.17, 15) is 5.11 Å². The number of hydrogen-bond donors (Lipinski definition) is 2. The summed E-state index contributed by atoms with van der Waals surface area (Å²) < 4.78 is 1.99. The molecule has 0 fully saturated rings. The smallest absolute Gasteiger partial charge is 0.165 e. The molecule has 2 heterocycles. The predicted octanol–water partition coefficient (Wildman–Crippen LogP) is 0.908. The number of nitrogens with zero attached hydrogens (tertiary/aromatic N) is 4. The molecule has 0 aromatic carbocycles. The van der Waals surface area contributed by atoms with E-state index >= 15 is 0 Å². The number of aliphatic hydroxyl groups excluding tert-OH is 1. The first-order valence-electron chi connectivity index (χ1n) is 6.00. The molecule has 3 N–H and O–H groups in total. The lowest BCUT2D eigenvalue weighted by molar-refractivity contribution is 0.204. The van der Waals surface area contributed by atoms with Gasteiger partial charge in [-0.2, -0.15) is 0 Å². The standard InChI is InChI=1S/C12H15N5O/c13-11-10-12(15-6-14-11)17(7-16-10)9-3-1-2-8(4-9)5-18/h1,3,6-9,18H,2,4-5H2,(H2,13,14,15)/t8-,9-/m1/s1. The summed E-state index contributed by atoms with van der Waals surface area (Å²) >= 11 is 0. The zero-order valence-electron chi connectivity index (χ0n) is 9.90. The summed E-state index contributed by atoms with van der Waals surface area (Å²) in [6.07, 6.45) is 9.24. The summed E-state index contributed by atoms with van der Waals surface area (Å²) in [4.78, 5) is 12.4. The Balaban J connectivity index is 2.02. The van der Waals surface area contributed by atoms with Gasteiger partial charge in [-0.05, 0) is 18.8 Å². The van der Waals surface area contributed by atoms with Crippen LogP contribution >= 0.6 is 0 Å². The fraction of sp³-hybridized carbons (Fsp3) is 0.417. The number of anilines is 1. The van der Waals surface area contributed by atoms with Crippen LogP contribution in [0, 0.1) is 5.92 Å². The molecule has 2 atom stereocenters. The first-order valence-corrected chi connectivity index (χ1v) is 6.00. The number of hydrogen-bond acceptors (Lipinski definition) is 5. The van der Waals surface area contributed by atoms with E-state index in [4.69, 9.17) is 5.73 Å². The van der Waals surface area contributed by atoms with Gasteiger partial charge in [0, 0.05) is 6.61 Å². The van der Waals surface area contributed by atoms with Crippen molar-refractivity contribution in [3.63, 3.8) is 0 Å². The van der Waals surface area contributed by atoms with Gasteiger partial charge in [-0.3, -0.25) is 0 Å². The highest BCUT2D eigenvalue weighted by Gasteiger charge is 2.21. The lowest BCUT2D eigenvalue weighted by atomic mass is 9.91. The molecule has 0 radical (unpaired) electrons. The molecule has 1 aliphatic carbocycles. The van der Waals surface area contributed by atoms with E-state index in [1.54, 1.807) is 6.33 Å². The molecule has 6 heteroatoms. The summed E-state index contributed by atoms with van der Waals surface area (Å²) in [5, 5.41) is 9.26. The average molecular weight is 245 g/mol. The number of nitrogens with two attached hydrogens (primary N) is 1. The monoisotopic (exact) mass is 245 g/mol. The van der Waals surface area contributed by atoms with E-state index in [0.717, 1.165) is 18.5 Å². The molecule has 0 saturated heterocycles. The molecule has 6 nitrogen and oxygen atoms in total. The highest BCUT2D eigenvalue weighted by atomic mass is 16.3. The molecule has 0 amide bonds. The van der Waals surface area contributed by atoms with E-state index in [0.29, 0.717) is 17.3 Å². The lowest BCUT2D eigenvalue weighted by Gasteiger charge is -2.24. The number of rotatable bonds is 2. The Morgan fingerprint density at radius 1 is 1.39 bits per heavy atom. The van der Waals surface area contributed by atoms with Crippen molar-refractivity contribution in [1.29, 1.82) is 0 Å². The lowest BCUT2D eigenvalue weighted by Crippen LogP contribution is -2.17. The van der Waals surface area contributed by atoms with E-state index < -0.39 is 0 Å². The fourth-order valence-electron chi connectivity index (χ4n) is 2.41. The topological polar surface area (TPSA) is 89.9 Å². The van der Waals surface area contributed by atoms with Gasteiger partial charge in [-0.15, -0.1) is 0 Å². The van der Waals surface area contributed by atoms with Gasteiger partial charge in [0.25, 0.3) is 0 Å². The first-order chi connectivity index (χ1) is 8.79. The van der Waals surface area contributed by atoms with Crippen LogP contribution in [0.2, 0.25) is 0 Å². The Morgan fingerprint density at radius 3 is 3.11 bits per heavy atom. The molecule has 0 saturated carbocycles. The normalized spacial score (nSPS) is 23.6. The second-order valence-electron chi connectivity index (χ2n) is 4.60. The molecule has 2 aromatic rings. The van der Waals surface area contributed by atoms with Crippen LogP contribution in [-0.4, -0.2) is 31.2 Å². The van der Waals surface area contributed by atoms with Crippen LogP contribution < -0.4 is 5.73 Å². The van der Waals surface area contributed by atoms with Gasteiger partial charge in [0.1, 0.15) is 11.8 Å². The van der Waals surface area contributed by atoms with Crippen molar-refractivity contribution < 1.29 is 5.11 Å². The van der Waals surface area contributed by atoms with Gasteiger partial charge >= 0.3 is 0 Å². The van der Waals surface area contributed by atoms with Crippen molar-refractivity contribution in [3.8, 4) is 0 Å². The first kappa shape index (κ1) is 11.2. The molecular formula is C12H15N5O. The summed E-state index contributed by atoms with van der Waals surface area (Å²) in [6.45, 7) is 0.213. The Labute approximate surface area is 104 Å². The molecule has 94 valence electrons. The maximum absolute atomic E-state index is 9.26. The van der Waals surface area contributed by atoms with Gasteiger partial charge in [-0.1, -0.05) is 12.2 Å². The number of imidazole rings is 1. The summed E-state index contributed by atoms with van der Waals surface area (Å²) in [6, 6.07) is 0.176. The molecular weight excluding hydrogens is 230 g/mol. The Hall–Kier alpha value is -1.95. The van der Waals surface area contributed by atoms with Crippen LogP contribution in [0.4, 0.5) is 5.82 Å². The molecule has 0 unspecified atom stereocenters. The van der Waals surface area contributed by atoms with E-state index in [1.165, 1.54) is 6.33 Å². The highest BCUT2D eigenvalue weighted by molar-refractivity contribution is 5.81. The maximum atomic E-state index is 9.26. The van der Waals surface area contributed by atoms with Crippen molar-refractivity contribution in [2.24, 2.45) is 5.92 Å². The zero-order valence-corrected chi connectivity index (χ0v) is 9.90. The molecule has 18 heavy (non-hydrogen) atoms. The summed E-state index contributed by atoms with van der Waals surface area (Å²) in [5.41, 5.74) is 7.15. The van der Waals surface area contributed by atoms with Crippen molar-refractivity contribution in [2.75, 3.05) is 12.3 Å². The molecule has 0 aliphatic heterocycles. The van der Waals surface area contributed by atoms with Crippen LogP contribution in [-0.2, 0) is 0 Å². The molecule has 2 aromatic heterocycles. The van der Waals surface area contributed by atoms with E-state index in [1.807, 2.05) is 4.57 Å². The molecule has 0 bridgehead atoms. The largest absolute Gasteiger partial charge is 0.396 e. The Morgan fingerprint density at radius 2 is 2.28 bits per heavy atom. The molecule has 3 rings (SSSR count). The Bertz CT molecular complexity index is 591. The minimum atomic E-state index is 0.176. The SMILES string of the molecule is Nc1ncnc2c1ncn2[C@@H]1C=CC[C@@H](CO)C1. The molecule has 1 aliphatic rings. The quantitative estimate of drug-likeness (QED) is 0.767. The van der Waals surface area contributed by atoms with Crippen LogP contribution in [0.3, 0.4) is 0 Å². The van der Waals surface area contributed by atoms with Gasteiger partial charge in [-0.25, -0.2) is 15.0 Å². The van der Waals surface area contributed by atoms with E-state index in [-0.39, 0.29) is 12.6 Å². The average Bonchev–Trinajstić information content (AvgIpc) is 2.84. The summed E-state index contributed by atoms with van der Waals surface area (Å²) in [5.74, 6) is 0.703. The van der Waals surface area contributed by atoms with Crippen molar-refractivity contribution in [1.82, 2.24) is 19.5 Å². The van der Waals surface area contributed by atoms with Gasteiger partial charge in [0.15, 0.2) is 11.5 Å². The number of allylic oxidation sites excluding steroid dienone is 2. The van der Waals surface area contributed by atoms with Crippen molar-refractivity contribution in [3.05, 3.63) is 24.8 Å². The van der Waals surface area contributed by atoms with Gasteiger partial charge in [0.05, 0.1) is 12.4 Å². The second kappa shape index (κ2) is 4.38. The van der Waals surface area contributed by atoms with E-state index in [2.05, 4.69) is 27.1 Å². The number of aliphatic hydroxyl groups is 1. The third-order valence-corrected chi connectivity index (χ3v) is 3.41. The van der Waals surface area contributed by atoms with Gasteiger partial charge in [0.2, 0.25) is 0 Å². The highest BCUT2D eigenvalue weighted by Crippen LogP contribution is 2.29. The third kappa shape index (κ3) is 1.74. The van der Waals surface area contributed by atoms with Crippen LogP contribution in [0.1, 0.15) is 18.9 Å². The third-order valence-electron chi connectivity index (χ3n) is 3.41. The molecule has 0 spiro atoms. The minimum absolute atomic E-state index is 0.176. The second-order valence-corrected chi connectivity index (χ2v) is 4.60. The predicted molar refractivity (Wildman–Crippen MR) is 67.7 cm³/mol. The zero-order chi connectivity index (χ0) is 12.5. The van der Waals surface area contributed by atoms with Crippen molar-refractivity contribution >= 4 is 17.0 Å². The van der Waals surface area contributed by atoms with Gasteiger partial charge < -0.3 is 15.4 Å². The van der Waals surface area contributed by atoms with Crippen LogP contribution in [0.5, 0.6) is 0 Å². The van der Waals surface area contributed by atoms with Crippen LogP contribution in [0.15, 0.2) is 24.8 Å². The maximum Gasteiger partial charge on any atom is 0.165 e. The van der Waals surface area contributed by atoms with Crippen molar-refractivity contribution in [2.45, 2.75) is 18.9 Å². The Kier molecular flexibility index (Phi) is 2.71. The minimum Gasteiger partial charge on any atom is -0.396 e. The number of nitrogen functional groups attached to an aromatic ring is 1.